The molecule has 1 rings (SSSR count). The zero-order chi connectivity index (χ0) is 22.0. The number of carbonyl (C=O) groups excluding carboxylic acids is 3. The van der Waals surface area contributed by atoms with Crippen molar-refractivity contribution in [2.45, 2.75) is 70.5 Å². The van der Waals surface area contributed by atoms with E-state index in [0.717, 1.165) is 12.8 Å². The highest BCUT2D eigenvalue weighted by Crippen LogP contribution is 2.19. The number of nitrogens with zero attached hydrogens (tertiary/aromatic N) is 1. The lowest BCUT2D eigenvalue weighted by Crippen LogP contribution is -2.53. The summed E-state index contributed by atoms with van der Waals surface area (Å²) in [6.45, 7) is 4.36. The van der Waals surface area contributed by atoms with Crippen LogP contribution in [0.1, 0.15) is 52.4 Å². The number of carboxylic acids is 1. The maximum atomic E-state index is 12.6. The van der Waals surface area contributed by atoms with Gasteiger partial charge in [0.05, 0.1) is 12.6 Å². The Morgan fingerprint density at radius 3 is 2.48 bits per heavy atom. The summed E-state index contributed by atoms with van der Waals surface area (Å²) in [6, 6.07) is -2.34. The van der Waals surface area contributed by atoms with Gasteiger partial charge < -0.3 is 32.1 Å². The van der Waals surface area contributed by atoms with Crippen molar-refractivity contribution < 1.29 is 24.3 Å². The van der Waals surface area contributed by atoms with Crippen LogP contribution in [-0.2, 0) is 19.2 Å². The van der Waals surface area contributed by atoms with Crippen LogP contribution in [0.2, 0.25) is 0 Å². The van der Waals surface area contributed by atoms with Crippen molar-refractivity contribution in [1.29, 1.82) is 0 Å². The Hall–Kier alpha value is -2.20. The summed E-state index contributed by atoms with van der Waals surface area (Å²) in [7, 11) is 0. The van der Waals surface area contributed by atoms with E-state index in [1.54, 1.807) is 0 Å². The Morgan fingerprint density at radius 2 is 1.90 bits per heavy atom. The van der Waals surface area contributed by atoms with Crippen molar-refractivity contribution in [3.63, 3.8) is 0 Å². The molecule has 29 heavy (non-hydrogen) atoms. The molecule has 1 fully saturated rings. The van der Waals surface area contributed by atoms with E-state index in [-0.39, 0.29) is 18.4 Å². The van der Waals surface area contributed by atoms with Crippen LogP contribution in [0.15, 0.2) is 0 Å². The number of carbonyl (C=O) groups is 4. The number of carboxylic acid groups (broad SMARTS) is 1. The fourth-order valence-corrected chi connectivity index (χ4v) is 3.37. The average molecular weight is 414 g/mol. The van der Waals surface area contributed by atoms with Crippen LogP contribution in [0, 0.1) is 5.92 Å². The molecule has 1 heterocycles. The van der Waals surface area contributed by atoms with Crippen LogP contribution in [-0.4, -0.2) is 71.5 Å². The zero-order valence-corrected chi connectivity index (χ0v) is 17.4. The fraction of sp³-hybridized carbons (Fsp3) is 0.789. The van der Waals surface area contributed by atoms with E-state index in [4.69, 9.17) is 11.5 Å². The molecule has 0 spiro atoms. The van der Waals surface area contributed by atoms with Gasteiger partial charge in [0.2, 0.25) is 17.7 Å². The van der Waals surface area contributed by atoms with Gasteiger partial charge in [-0.05, 0) is 44.6 Å². The summed E-state index contributed by atoms with van der Waals surface area (Å²) in [5.41, 5.74) is 11.4. The topological polar surface area (TPSA) is 168 Å². The van der Waals surface area contributed by atoms with Crippen molar-refractivity contribution in [1.82, 2.24) is 15.5 Å². The van der Waals surface area contributed by atoms with E-state index < -0.39 is 35.9 Å². The Bertz CT molecular complexity index is 583. The number of likely N-dealkylation sites (tertiary alicyclic amines) is 1. The predicted octanol–water partition coefficient (Wildman–Crippen LogP) is -0.835. The molecule has 10 nitrogen and oxygen atoms in total. The molecule has 0 aromatic rings. The molecule has 0 aliphatic carbocycles. The molecule has 10 heteroatoms. The van der Waals surface area contributed by atoms with Crippen LogP contribution < -0.4 is 22.1 Å². The van der Waals surface area contributed by atoms with Crippen molar-refractivity contribution in [3.05, 3.63) is 0 Å². The van der Waals surface area contributed by atoms with Gasteiger partial charge in [-0.15, -0.1) is 0 Å². The number of hydrogen-bond donors (Lipinski definition) is 5. The molecule has 7 N–H and O–H groups in total. The number of nitrogens with two attached hydrogens (primary N) is 2. The number of aliphatic carboxylic acids is 1. The molecular formula is C19H35N5O5. The van der Waals surface area contributed by atoms with E-state index in [1.165, 1.54) is 4.90 Å². The van der Waals surface area contributed by atoms with Crippen LogP contribution >= 0.6 is 0 Å². The first-order valence-corrected chi connectivity index (χ1v) is 10.2. The van der Waals surface area contributed by atoms with E-state index in [2.05, 4.69) is 10.6 Å². The lowest BCUT2D eigenvalue weighted by atomic mass is 10.0. The lowest BCUT2D eigenvalue weighted by Gasteiger charge is -2.26. The summed E-state index contributed by atoms with van der Waals surface area (Å²) in [6.07, 6.45) is 3.52. The molecule has 1 aliphatic rings. The minimum Gasteiger partial charge on any atom is -0.480 e. The second kappa shape index (κ2) is 12.4. The quantitative estimate of drug-likeness (QED) is 0.260. The smallest absolute Gasteiger partial charge is 0.326 e. The summed E-state index contributed by atoms with van der Waals surface area (Å²) < 4.78 is 0. The third-order valence-corrected chi connectivity index (χ3v) is 4.89. The highest BCUT2D eigenvalue weighted by molar-refractivity contribution is 5.93. The summed E-state index contributed by atoms with van der Waals surface area (Å²) in [5.74, 6) is -2.31. The molecule has 0 aromatic heterocycles. The summed E-state index contributed by atoms with van der Waals surface area (Å²) in [5, 5.41) is 14.1. The number of amides is 3. The number of rotatable bonds is 12. The summed E-state index contributed by atoms with van der Waals surface area (Å²) in [4.78, 5) is 49.8. The Balaban J connectivity index is 2.54. The fourth-order valence-electron chi connectivity index (χ4n) is 3.37. The molecular weight excluding hydrogens is 378 g/mol. The van der Waals surface area contributed by atoms with E-state index in [9.17, 15) is 24.3 Å². The highest BCUT2D eigenvalue weighted by atomic mass is 16.4. The Labute approximate surface area is 171 Å². The standard InChI is InChI=1S/C19H35N5O5/c1-12(2)10-14(19(28)29)23-16(25)11-22-17(26)15-7-5-9-24(15)18(27)13(21)6-3-4-8-20/h12-15H,3-11,20-21H2,1-2H3,(H,22,26)(H,23,25)(H,28,29). The SMILES string of the molecule is CC(C)CC(NC(=O)CNC(=O)C1CCCN1C(=O)C(N)CCCCN)C(=O)O. The van der Waals surface area contributed by atoms with Crippen LogP contribution in [0.5, 0.6) is 0 Å². The third-order valence-electron chi connectivity index (χ3n) is 4.89. The van der Waals surface area contributed by atoms with Crippen LogP contribution in [0.25, 0.3) is 0 Å². The highest BCUT2D eigenvalue weighted by Gasteiger charge is 2.36. The average Bonchev–Trinajstić information content (AvgIpc) is 3.14. The number of hydrogen-bond acceptors (Lipinski definition) is 6. The van der Waals surface area contributed by atoms with E-state index in [1.807, 2.05) is 13.8 Å². The van der Waals surface area contributed by atoms with Gasteiger partial charge in [0, 0.05) is 6.54 Å². The molecule has 3 unspecified atom stereocenters. The Kier molecular flexibility index (Phi) is 10.6. The maximum absolute atomic E-state index is 12.6. The van der Waals surface area contributed by atoms with Crippen molar-refractivity contribution in [2.24, 2.45) is 17.4 Å². The molecule has 3 amide bonds. The monoisotopic (exact) mass is 413 g/mol. The van der Waals surface area contributed by atoms with Gasteiger partial charge >= 0.3 is 5.97 Å². The van der Waals surface area contributed by atoms with Gasteiger partial charge in [0.25, 0.3) is 0 Å². The second-order valence-electron chi connectivity index (χ2n) is 7.89. The second-order valence-corrected chi connectivity index (χ2v) is 7.89. The van der Waals surface area contributed by atoms with Gasteiger partial charge in [-0.25, -0.2) is 4.79 Å². The van der Waals surface area contributed by atoms with Crippen molar-refractivity contribution >= 4 is 23.7 Å². The van der Waals surface area contributed by atoms with Gasteiger partial charge in [-0.1, -0.05) is 20.3 Å². The third kappa shape index (κ3) is 8.36. The van der Waals surface area contributed by atoms with E-state index in [0.29, 0.717) is 38.8 Å². The molecule has 0 radical (unpaired) electrons. The zero-order valence-electron chi connectivity index (χ0n) is 17.4. The van der Waals surface area contributed by atoms with Crippen LogP contribution in [0.4, 0.5) is 0 Å². The first kappa shape index (κ1) is 24.8. The van der Waals surface area contributed by atoms with E-state index >= 15 is 0 Å². The number of nitrogens with one attached hydrogen (secondary N) is 2. The number of unbranched alkanes of at least 4 members (excludes halogenated alkanes) is 1. The molecule has 3 atom stereocenters. The molecule has 1 saturated heterocycles. The molecule has 0 aromatic carbocycles. The Morgan fingerprint density at radius 1 is 1.21 bits per heavy atom. The van der Waals surface area contributed by atoms with Crippen molar-refractivity contribution in [3.8, 4) is 0 Å². The molecule has 166 valence electrons. The molecule has 1 aliphatic heterocycles. The molecule has 0 saturated carbocycles. The largest absolute Gasteiger partial charge is 0.480 e. The van der Waals surface area contributed by atoms with Crippen molar-refractivity contribution in [2.75, 3.05) is 19.6 Å². The first-order valence-electron chi connectivity index (χ1n) is 10.2. The van der Waals surface area contributed by atoms with Gasteiger partial charge in [-0.2, -0.15) is 0 Å². The van der Waals surface area contributed by atoms with Gasteiger partial charge in [0.15, 0.2) is 0 Å². The van der Waals surface area contributed by atoms with Crippen LogP contribution in [0.3, 0.4) is 0 Å². The van der Waals surface area contributed by atoms with Gasteiger partial charge in [0.1, 0.15) is 12.1 Å². The predicted molar refractivity (Wildman–Crippen MR) is 108 cm³/mol. The summed E-state index contributed by atoms with van der Waals surface area (Å²) >= 11 is 0. The lowest BCUT2D eigenvalue weighted by molar-refractivity contribution is -0.142. The van der Waals surface area contributed by atoms with Gasteiger partial charge in [-0.3, -0.25) is 14.4 Å². The molecule has 0 bridgehead atoms. The normalized spacial score (nSPS) is 18.4. The minimum absolute atomic E-state index is 0.0955. The maximum Gasteiger partial charge on any atom is 0.326 e. The first-order chi connectivity index (χ1) is 13.7. The minimum atomic E-state index is -1.12.